The highest BCUT2D eigenvalue weighted by atomic mass is 32.2. The van der Waals surface area contributed by atoms with Crippen LogP contribution < -0.4 is 11.1 Å². The average molecular weight is 302 g/mol. The van der Waals surface area contributed by atoms with Gasteiger partial charge in [-0.05, 0) is 17.9 Å². The highest BCUT2D eigenvalue weighted by Crippen LogP contribution is 2.22. The highest BCUT2D eigenvalue weighted by Gasteiger charge is 2.20. The Hall–Kier alpha value is -1.54. The molecule has 0 saturated carbocycles. The zero-order chi connectivity index (χ0) is 14.3. The number of aliphatic carboxylic acids is 1. The van der Waals surface area contributed by atoms with Crippen LogP contribution in [0, 0.1) is 0 Å². The predicted octanol–water partition coefficient (Wildman–Crippen LogP) is 0.675. The number of nitrogens with one attached hydrogen (secondary N) is 1. The number of primary amides is 1. The van der Waals surface area contributed by atoms with E-state index < -0.39 is 17.9 Å². The third-order valence-electron chi connectivity index (χ3n) is 2.15. The van der Waals surface area contributed by atoms with Gasteiger partial charge in [-0.3, -0.25) is 9.59 Å². The Kier molecular flexibility index (Phi) is 6.37. The molecule has 0 saturated heterocycles. The van der Waals surface area contributed by atoms with Gasteiger partial charge in [0.15, 0.2) is 0 Å². The number of carboxylic acid groups (broad SMARTS) is 1. The first kappa shape index (κ1) is 15.5. The Morgan fingerprint density at radius 3 is 2.74 bits per heavy atom. The summed E-state index contributed by atoms with van der Waals surface area (Å²) in [6, 6.07) is 2.67. The van der Waals surface area contributed by atoms with E-state index >= 15 is 0 Å². The molecular weight excluding hydrogens is 288 g/mol. The van der Waals surface area contributed by atoms with Crippen LogP contribution in [0.3, 0.4) is 0 Å². The number of hydrogen-bond donors (Lipinski definition) is 3. The molecule has 1 rings (SSSR count). The first-order valence-corrected chi connectivity index (χ1v) is 7.32. The van der Waals surface area contributed by atoms with Gasteiger partial charge in [0.2, 0.25) is 11.8 Å². The fourth-order valence-corrected chi connectivity index (χ4v) is 2.86. The molecule has 1 heterocycles. The zero-order valence-electron chi connectivity index (χ0n) is 10.00. The third-order valence-corrected chi connectivity index (χ3v) is 4.28. The smallest absolute Gasteiger partial charge is 0.326 e. The van der Waals surface area contributed by atoms with Crippen molar-refractivity contribution in [2.45, 2.75) is 23.1 Å². The number of carboxylic acids is 1. The van der Waals surface area contributed by atoms with Crippen LogP contribution in [0.4, 0.5) is 0 Å². The van der Waals surface area contributed by atoms with Gasteiger partial charge in [0.05, 0.1) is 9.96 Å². The lowest BCUT2D eigenvalue weighted by Crippen LogP contribution is -2.42. The molecule has 19 heavy (non-hydrogen) atoms. The fraction of sp³-hybridized carbons (Fsp3) is 0.364. The van der Waals surface area contributed by atoms with Gasteiger partial charge in [-0.2, -0.15) is 0 Å². The molecule has 6 nitrogen and oxygen atoms in total. The minimum atomic E-state index is -1.17. The molecule has 0 bridgehead atoms. The van der Waals surface area contributed by atoms with Crippen molar-refractivity contribution in [2.24, 2.45) is 5.73 Å². The van der Waals surface area contributed by atoms with Crippen molar-refractivity contribution >= 4 is 40.9 Å². The van der Waals surface area contributed by atoms with E-state index in [-0.39, 0.29) is 24.5 Å². The molecule has 0 radical (unpaired) electrons. The van der Waals surface area contributed by atoms with Crippen molar-refractivity contribution in [3.63, 3.8) is 0 Å². The van der Waals surface area contributed by atoms with Crippen molar-refractivity contribution in [1.29, 1.82) is 0 Å². The fourth-order valence-electron chi connectivity index (χ4n) is 1.26. The van der Waals surface area contributed by atoms with Gasteiger partial charge in [0.25, 0.3) is 0 Å². The second-order valence-corrected chi connectivity index (χ2v) is 5.91. The molecule has 0 aliphatic heterocycles. The maximum absolute atomic E-state index is 11.6. The number of carbonyl (C=O) groups is 3. The normalized spacial score (nSPS) is 11.8. The summed E-state index contributed by atoms with van der Waals surface area (Å²) >= 11 is 2.84. The maximum atomic E-state index is 11.6. The van der Waals surface area contributed by atoms with E-state index in [9.17, 15) is 14.4 Å². The summed E-state index contributed by atoms with van der Waals surface area (Å²) in [4.78, 5) is 33.1. The van der Waals surface area contributed by atoms with E-state index in [0.717, 1.165) is 4.21 Å². The van der Waals surface area contributed by atoms with Gasteiger partial charge in [-0.15, -0.1) is 23.1 Å². The van der Waals surface area contributed by atoms with E-state index in [4.69, 9.17) is 10.8 Å². The lowest BCUT2D eigenvalue weighted by atomic mass is 10.1. The zero-order valence-corrected chi connectivity index (χ0v) is 11.6. The summed E-state index contributed by atoms with van der Waals surface area (Å²) < 4.78 is 0.985. The van der Waals surface area contributed by atoms with E-state index in [1.807, 2.05) is 17.5 Å². The summed E-state index contributed by atoms with van der Waals surface area (Å²) in [6.45, 7) is 0. The third kappa shape index (κ3) is 6.25. The molecule has 0 fully saturated rings. The Balaban J connectivity index is 2.38. The molecule has 2 amide bonds. The summed E-state index contributed by atoms with van der Waals surface area (Å²) in [5, 5.41) is 13.2. The number of carbonyl (C=O) groups excluding carboxylic acids is 2. The molecule has 104 valence electrons. The monoisotopic (exact) mass is 302 g/mol. The maximum Gasteiger partial charge on any atom is 0.326 e. The number of rotatable bonds is 8. The minimum Gasteiger partial charge on any atom is -0.480 e. The van der Waals surface area contributed by atoms with Gasteiger partial charge in [0, 0.05) is 6.42 Å². The van der Waals surface area contributed by atoms with E-state index in [1.165, 1.54) is 23.1 Å². The number of thioether (sulfide) groups is 1. The Morgan fingerprint density at radius 1 is 1.47 bits per heavy atom. The van der Waals surface area contributed by atoms with E-state index in [2.05, 4.69) is 5.32 Å². The molecule has 1 atom stereocenters. The molecule has 0 aliphatic carbocycles. The van der Waals surface area contributed by atoms with Crippen molar-refractivity contribution in [1.82, 2.24) is 5.32 Å². The van der Waals surface area contributed by atoms with E-state index in [1.54, 1.807) is 0 Å². The Bertz CT molecular complexity index is 448. The standard InChI is InChI=1S/C11H14N2O4S2/c12-8(14)4-3-7(11(16)17)13-9(15)6-19-10-2-1-5-18-10/h1-2,5,7H,3-4,6H2,(H2,12,14)(H,13,15)(H,16,17)/t7-/m0/s1. The SMILES string of the molecule is NC(=O)CC[C@H](NC(=O)CSc1cccs1)C(=O)O. The quantitative estimate of drug-likeness (QED) is 0.612. The van der Waals surface area contributed by atoms with Crippen LogP contribution in [0.1, 0.15) is 12.8 Å². The number of amides is 2. The summed E-state index contributed by atoms with van der Waals surface area (Å²) in [5.41, 5.74) is 4.95. The molecule has 4 N–H and O–H groups in total. The second-order valence-electron chi connectivity index (χ2n) is 3.68. The molecule has 0 spiro atoms. The van der Waals surface area contributed by atoms with Crippen molar-refractivity contribution in [3.8, 4) is 0 Å². The molecule has 8 heteroatoms. The van der Waals surface area contributed by atoms with Gasteiger partial charge in [0.1, 0.15) is 6.04 Å². The van der Waals surface area contributed by atoms with Crippen LogP contribution in [0.5, 0.6) is 0 Å². The lowest BCUT2D eigenvalue weighted by Gasteiger charge is -2.13. The van der Waals surface area contributed by atoms with Crippen LogP contribution in [0.25, 0.3) is 0 Å². The lowest BCUT2D eigenvalue weighted by molar-refractivity contribution is -0.141. The first-order chi connectivity index (χ1) is 8.99. The molecule has 0 unspecified atom stereocenters. The van der Waals surface area contributed by atoms with Crippen LogP contribution in [0.15, 0.2) is 21.7 Å². The minimum absolute atomic E-state index is 0.0000747. The van der Waals surface area contributed by atoms with E-state index in [0.29, 0.717) is 0 Å². The number of nitrogens with two attached hydrogens (primary N) is 1. The first-order valence-electron chi connectivity index (χ1n) is 5.46. The second kappa shape index (κ2) is 7.80. The topological polar surface area (TPSA) is 109 Å². The van der Waals surface area contributed by atoms with Gasteiger partial charge >= 0.3 is 5.97 Å². The molecular formula is C11H14N2O4S2. The Morgan fingerprint density at radius 2 is 2.21 bits per heavy atom. The van der Waals surface area contributed by atoms with Crippen molar-refractivity contribution in [2.75, 3.05) is 5.75 Å². The van der Waals surface area contributed by atoms with Gasteiger partial charge in [-0.25, -0.2) is 4.79 Å². The number of hydrogen-bond acceptors (Lipinski definition) is 5. The molecule has 0 aliphatic rings. The van der Waals surface area contributed by atoms with Crippen LogP contribution in [-0.4, -0.2) is 34.7 Å². The molecule has 1 aromatic rings. The van der Waals surface area contributed by atoms with Crippen LogP contribution in [0.2, 0.25) is 0 Å². The van der Waals surface area contributed by atoms with Crippen molar-refractivity contribution in [3.05, 3.63) is 17.5 Å². The van der Waals surface area contributed by atoms with Crippen molar-refractivity contribution < 1.29 is 19.5 Å². The largest absolute Gasteiger partial charge is 0.480 e. The summed E-state index contributed by atoms with van der Waals surface area (Å²) in [6.07, 6.45) is -0.0740. The van der Waals surface area contributed by atoms with Crippen LogP contribution >= 0.6 is 23.1 Å². The van der Waals surface area contributed by atoms with Gasteiger partial charge < -0.3 is 16.2 Å². The average Bonchev–Trinajstić information content (AvgIpc) is 2.84. The molecule has 1 aromatic heterocycles. The summed E-state index contributed by atoms with van der Waals surface area (Å²) in [7, 11) is 0. The summed E-state index contributed by atoms with van der Waals surface area (Å²) in [5.74, 6) is -2.00. The van der Waals surface area contributed by atoms with Gasteiger partial charge in [-0.1, -0.05) is 6.07 Å². The van der Waals surface area contributed by atoms with Crippen LogP contribution in [-0.2, 0) is 14.4 Å². The highest BCUT2D eigenvalue weighted by molar-refractivity contribution is 8.01. The number of thiophene rings is 1. The predicted molar refractivity (Wildman–Crippen MR) is 73.0 cm³/mol. The molecule has 0 aromatic carbocycles. The Labute approximate surface area is 118 Å².